The van der Waals surface area contributed by atoms with E-state index in [1.165, 1.54) is 39.2 Å². The van der Waals surface area contributed by atoms with Crippen molar-refractivity contribution in [3.63, 3.8) is 0 Å². The van der Waals surface area contributed by atoms with E-state index >= 15 is 0 Å². The van der Waals surface area contributed by atoms with E-state index in [4.69, 9.17) is 14.1 Å². The number of hydrogen-bond donors (Lipinski definition) is 2. The van der Waals surface area contributed by atoms with Crippen LogP contribution < -0.4 is 14.1 Å². The Bertz CT molecular complexity index is 913. The fraction of sp³-hybridized carbons (Fsp3) is 0.650. The molecule has 4 rings (SSSR count). The van der Waals surface area contributed by atoms with Crippen molar-refractivity contribution in [3.8, 4) is 11.5 Å². The first-order valence-corrected chi connectivity index (χ1v) is 11.4. The zero-order chi connectivity index (χ0) is 20.1. The summed E-state index contributed by atoms with van der Waals surface area (Å²) in [7, 11) is -2.72. The standard InChI is InChI=1S/C20H28N2O5S/c1-3-20-7-4-5-16(20)14-9-17(22-23)15-11-19(27-28(21,24)25)18(26-2)10-13(15)12(14)6-8-20/h10-12,14,16,23H,3-9H2,1-2H3,(H2,21,24,25)/b22-17+/t12-,14-,16+,20+/m1/s1. The molecule has 0 saturated heterocycles. The summed E-state index contributed by atoms with van der Waals surface area (Å²) >= 11 is 0. The molecule has 1 aromatic carbocycles. The van der Waals surface area contributed by atoms with Gasteiger partial charge in [-0.25, -0.2) is 0 Å². The summed E-state index contributed by atoms with van der Waals surface area (Å²) in [6.45, 7) is 2.30. The Kier molecular flexibility index (Phi) is 4.82. The molecule has 3 aliphatic rings. The molecule has 8 heteroatoms. The minimum absolute atomic E-state index is 0.0166. The maximum atomic E-state index is 11.4. The molecule has 3 aliphatic carbocycles. The largest absolute Gasteiger partial charge is 0.493 e. The fourth-order valence-corrected chi connectivity index (χ4v) is 6.66. The van der Waals surface area contributed by atoms with Crippen LogP contribution in [0.25, 0.3) is 0 Å². The Morgan fingerprint density at radius 1 is 1.29 bits per heavy atom. The van der Waals surface area contributed by atoms with Crippen molar-refractivity contribution in [1.82, 2.24) is 0 Å². The Hall–Kier alpha value is -1.80. The number of oxime groups is 1. The summed E-state index contributed by atoms with van der Waals surface area (Å²) < 4.78 is 33.2. The highest BCUT2D eigenvalue weighted by Gasteiger charge is 2.52. The molecule has 2 saturated carbocycles. The summed E-state index contributed by atoms with van der Waals surface area (Å²) in [4.78, 5) is 0. The van der Waals surface area contributed by atoms with Crippen LogP contribution in [0.1, 0.15) is 68.9 Å². The molecule has 28 heavy (non-hydrogen) atoms. The molecule has 0 unspecified atom stereocenters. The zero-order valence-electron chi connectivity index (χ0n) is 16.3. The van der Waals surface area contributed by atoms with Crippen LogP contribution in [-0.4, -0.2) is 26.4 Å². The molecule has 3 N–H and O–H groups in total. The molecule has 0 aromatic heterocycles. The third-order valence-electron chi connectivity index (χ3n) is 7.47. The molecule has 2 fully saturated rings. The number of fused-ring (bicyclic) bond motifs is 5. The second kappa shape index (κ2) is 6.91. The van der Waals surface area contributed by atoms with Crippen molar-refractivity contribution in [2.75, 3.05) is 7.11 Å². The number of hydrogen-bond acceptors (Lipinski definition) is 6. The van der Waals surface area contributed by atoms with Crippen LogP contribution in [-0.2, 0) is 10.3 Å². The predicted molar refractivity (Wildman–Crippen MR) is 105 cm³/mol. The van der Waals surface area contributed by atoms with E-state index in [-0.39, 0.29) is 5.75 Å². The molecule has 154 valence electrons. The van der Waals surface area contributed by atoms with Gasteiger partial charge in [-0.05, 0) is 73.0 Å². The molecule has 0 heterocycles. The van der Waals surface area contributed by atoms with Crippen molar-refractivity contribution in [2.45, 2.75) is 57.8 Å². The van der Waals surface area contributed by atoms with Crippen molar-refractivity contribution < 1.29 is 22.5 Å². The number of benzene rings is 1. The van der Waals surface area contributed by atoms with Gasteiger partial charge in [-0.15, -0.1) is 0 Å². The Morgan fingerprint density at radius 2 is 2.07 bits per heavy atom. The van der Waals surface area contributed by atoms with Gasteiger partial charge in [0, 0.05) is 5.56 Å². The summed E-state index contributed by atoms with van der Waals surface area (Å²) in [6.07, 6.45) is 7.97. The summed E-state index contributed by atoms with van der Waals surface area (Å²) in [5, 5.41) is 18.3. The van der Waals surface area contributed by atoms with E-state index in [0.29, 0.717) is 41.1 Å². The summed E-state index contributed by atoms with van der Waals surface area (Å²) in [5.41, 5.74) is 2.78. The Morgan fingerprint density at radius 3 is 2.71 bits per heavy atom. The second-order valence-corrected chi connectivity index (χ2v) is 9.59. The van der Waals surface area contributed by atoms with E-state index in [1.807, 2.05) is 6.07 Å². The topological polar surface area (TPSA) is 111 Å². The lowest BCUT2D eigenvalue weighted by Gasteiger charge is -2.50. The maximum Gasteiger partial charge on any atom is 0.380 e. The molecule has 0 aliphatic heterocycles. The Balaban J connectivity index is 1.80. The van der Waals surface area contributed by atoms with Crippen molar-refractivity contribution >= 4 is 16.0 Å². The van der Waals surface area contributed by atoms with Gasteiger partial charge in [-0.1, -0.05) is 24.9 Å². The molecular weight excluding hydrogens is 380 g/mol. The lowest BCUT2D eigenvalue weighted by molar-refractivity contribution is 0.0509. The number of methoxy groups -OCH3 is 1. The average molecular weight is 409 g/mol. The van der Waals surface area contributed by atoms with Gasteiger partial charge in [0.1, 0.15) is 0 Å². The first-order chi connectivity index (χ1) is 13.3. The molecule has 0 radical (unpaired) electrons. The van der Waals surface area contributed by atoms with Gasteiger partial charge in [0.25, 0.3) is 0 Å². The SMILES string of the molecule is CC[C@@]12CCC[C@H]1[C@@H]1C/C(=N\O)c3cc(OS(N)(=O)=O)c(OC)cc3[C@H]1CC2. The lowest BCUT2D eigenvalue weighted by Crippen LogP contribution is -2.42. The summed E-state index contributed by atoms with van der Waals surface area (Å²) in [5.74, 6) is 1.75. The van der Waals surface area contributed by atoms with Crippen LogP contribution in [0.15, 0.2) is 17.3 Å². The van der Waals surface area contributed by atoms with Gasteiger partial charge < -0.3 is 14.1 Å². The minimum atomic E-state index is -4.19. The van der Waals surface area contributed by atoms with E-state index in [2.05, 4.69) is 12.1 Å². The van der Waals surface area contributed by atoms with Gasteiger partial charge in [0.2, 0.25) is 0 Å². The highest BCUT2D eigenvalue weighted by Crippen LogP contribution is 2.62. The number of rotatable bonds is 4. The summed E-state index contributed by atoms with van der Waals surface area (Å²) in [6, 6.07) is 3.42. The predicted octanol–water partition coefficient (Wildman–Crippen LogP) is 3.55. The van der Waals surface area contributed by atoms with Crippen LogP contribution in [0.2, 0.25) is 0 Å². The van der Waals surface area contributed by atoms with Crippen molar-refractivity contribution in [1.29, 1.82) is 0 Å². The molecule has 0 bridgehead atoms. The van der Waals surface area contributed by atoms with Gasteiger partial charge >= 0.3 is 10.3 Å². The first-order valence-electron chi connectivity index (χ1n) is 9.97. The molecule has 0 amide bonds. The number of nitrogens with two attached hydrogens (primary N) is 1. The smallest absolute Gasteiger partial charge is 0.380 e. The van der Waals surface area contributed by atoms with E-state index < -0.39 is 10.3 Å². The first kappa shape index (κ1) is 19.5. The van der Waals surface area contributed by atoms with Crippen molar-refractivity contribution in [2.24, 2.45) is 27.5 Å². The van der Waals surface area contributed by atoms with Crippen molar-refractivity contribution in [3.05, 3.63) is 23.3 Å². The van der Waals surface area contributed by atoms with Crippen LogP contribution in [0, 0.1) is 17.3 Å². The van der Waals surface area contributed by atoms with Gasteiger partial charge in [-0.3, -0.25) is 0 Å². The Labute approximate surface area is 166 Å². The second-order valence-electron chi connectivity index (χ2n) is 8.44. The normalized spacial score (nSPS) is 33.1. The van der Waals surface area contributed by atoms with E-state index in [9.17, 15) is 13.6 Å². The van der Waals surface area contributed by atoms with Gasteiger partial charge in [-0.2, -0.15) is 13.6 Å². The average Bonchev–Trinajstić information content (AvgIpc) is 3.10. The molecular formula is C20H28N2O5S. The maximum absolute atomic E-state index is 11.4. The van der Waals surface area contributed by atoms with Gasteiger partial charge in [0.05, 0.1) is 12.8 Å². The molecule has 0 spiro atoms. The van der Waals surface area contributed by atoms with Crippen LogP contribution >= 0.6 is 0 Å². The quantitative estimate of drug-likeness (QED) is 0.584. The highest BCUT2D eigenvalue weighted by atomic mass is 32.2. The number of nitrogens with zero attached hydrogens (tertiary/aromatic N) is 1. The molecule has 7 nitrogen and oxygen atoms in total. The zero-order valence-corrected chi connectivity index (χ0v) is 17.2. The third-order valence-corrected chi connectivity index (χ3v) is 7.88. The number of ether oxygens (including phenoxy) is 1. The molecule has 1 aromatic rings. The highest BCUT2D eigenvalue weighted by molar-refractivity contribution is 7.84. The van der Waals surface area contributed by atoms with Crippen LogP contribution in [0.5, 0.6) is 11.5 Å². The van der Waals surface area contributed by atoms with Crippen LogP contribution in [0.3, 0.4) is 0 Å². The van der Waals surface area contributed by atoms with E-state index in [1.54, 1.807) is 6.07 Å². The molecule has 4 atom stereocenters. The van der Waals surface area contributed by atoms with Gasteiger partial charge in [0.15, 0.2) is 11.5 Å². The monoisotopic (exact) mass is 408 g/mol. The van der Waals surface area contributed by atoms with Crippen LogP contribution in [0.4, 0.5) is 0 Å². The lowest BCUT2D eigenvalue weighted by atomic mass is 9.54. The third kappa shape index (κ3) is 3.06. The minimum Gasteiger partial charge on any atom is -0.493 e. The fourth-order valence-electron chi connectivity index (χ4n) is 6.28. The van der Waals surface area contributed by atoms with E-state index in [0.717, 1.165) is 17.5 Å².